The first-order valence-corrected chi connectivity index (χ1v) is 12.1. The van der Waals surface area contributed by atoms with Gasteiger partial charge in [0.15, 0.2) is 0 Å². The summed E-state index contributed by atoms with van der Waals surface area (Å²) in [5.74, 6) is -1.47. The van der Waals surface area contributed by atoms with Crippen molar-refractivity contribution in [3.8, 4) is 11.1 Å². The van der Waals surface area contributed by atoms with E-state index in [0.717, 1.165) is 35.1 Å². The lowest BCUT2D eigenvalue weighted by atomic mass is 9.98. The molecular formula is C27H34N2O5. The number of amides is 2. The van der Waals surface area contributed by atoms with Gasteiger partial charge >= 0.3 is 12.1 Å². The summed E-state index contributed by atoms with van der Waals surface area (Å²) in [6, 6.07) is 14.9. The summed E-state index contributed by atoms with van der Waals surface area (Å²) in [5, 5.41) is 14.7. The molecule has 0 saturated carbocycles. The van der Waals surface area contributed by atoms with Crippen molar-refractivity contribution in [1.82, 2.24) is 10.6 Å². The SMILES string of the molecule is CCCCC(NC(=O)C[C@H](CCC)NC(=O)OCC1c2ccccc2-c2ccccc21)C(=O)O. The lowest BCUT2D eigenvalue weighted by molar-refractivity contribution is -0.142. The van der Waals surface area contributed by atoms with E-state index in [2.05, 4.69) is 34.9 Å². The third-order valence-corrected chi connectivity index (χ3v) is 6.21. The summed E-state index contributed by atoms with van der Waals surface area (Å²) in [6.45, 7) is 4.13. The minimum absolute atomic E-state index is 0.00788. The number of nitrogens with one attached hydrogen (secondary N) is 2. The van der Waals surface area contributed by atoms with Crippen molar-refractivity contribution in [3.05, 3.63) is 59.7 Å². The van der Waals surface area contributed by atoms with Crippen molar-refractivity contribution in [1.29, 1.82) is 0 Å². The molecule has 0 spiro atoms. The van der Waals surface area contributed by atoms with Gasteiger partial charge in [0.05, 0.1) is 0 Å². The zero-order valence-corrected chi connectivity index (χ0v) is 19.9. The predicted molar refractivity (Wildman–Crippen MR) is 131 cm³/mol. The van der Waals surface area contributed by atoms with Gasteiger partial charge in [0.1, 0.15) is 12.6 Å². The molecule has 0 saturated heterocycles. The number of rotatable bonds is 12. The first kappa shape index (κ1) is 25.3. The van der Waals surface area contributed by atoms with Crippen LogP contribution in [0.2, 0.25) is 0 Å². The number of carbonyl (C=O) groups is 3. The molecule has 182 valence electrons. The number of alkyl carbamates (subject to hydrolysis) is 1. The van der Waals surface area contributed by atoms with Crippen LogP contribution in [0.4, 0.5) is 4.79 Å². The summed E-state index contributed by atoms with van der Waals surface area (Å²) in [5.41, 5.74) is 4.58. The molecule has 1 aliphatic carbocycles. The molecule has 1 aliphatic rings. The van der Waals surface area contributed by atoms with Gasteiger partial charge in [-0.15, -0.1) is 0 Å². The van der Waals surface area contributed by atoms with Crippen LogP contribution < -0.4 is 10.6 Å². The molecule has 0 radical (unpaired) electrons. The fourth-order valence-electron chi connectivity index (χ4n) is 4.52. The van der Waals surface area contributed by atoms with E-state index in [-0.39, 0.29) is 24.9 Å². The van der Waals surface area contributed by atoms with Crippen LogP contribution in [0.5, 0.6) is 0 Å². The first-order chi connectivity index (χ1) is 16.4. The van der Waals surface area contributed by atoms with E-state index in [1.165, 1.54) is 0 Å². The zero-order chi connectivity index (χ0) is 24.5. The number of hydrogen-bond acceptors (Lipinski definition) is 4. The number of carbonyl (C=O) groups excluding carboxylic acids is 2. The molecule has 2 amide bonds. The van der Waals surface area contributed by atoms with Crippen molar-refractivity contribution < 1.29 is 24.2 Å². The number of unbranched alkanes of at least 4 members (excludes halogenated alkanes) is 1. The van der Waals surface area contributed by atoms with Crippen molar-refractivity contribution in [3.63, 3.8) is 0 Å². The lowest BCUT2D eigenvalue weighted by Crippen LogP contribution is -2.45. The van der Waals surface area contributed by atoms with Crippen LogP contribution in [-0.4, -0.2) is 41.8 Å². The molecule has 3 rings (SSSR count). The molecule has 2 aromatic carbocycles. The van der Waals surface area contributed by atoms with Crippen molar-refractivity contribution in [2.45, 2.75) is 70.4 Å². The molecule has 2 atom stereocenters. The molecule has 2 aromatic rings. The Morgan fingerprint density at radius 1 is 0.912 bits per heavy atom. The van der Waals surface area contributed by atoms with Crippen LogP contribution in [0.15, 0.2) is 48.5 Å². The summed E-state index contributed by atoms with van der Waals surface area (Å²) < 4.78 is 5.59. The van der Waals surface area contributed by atoms with Crippen LogP contribution in [0.1, 0.15) is 69.4 Å². The Balaban J connectivity index is 1.57. The highest BCUT2D eigenvalue weighted by Gasteiger charge is 2.29. The van der Waals surface area contributed by atoms with Gasteiger partial charge in [-0.05, 0) is 35.1 Å². The standard InChI is InChI=1S/C27H34N2O5/c1-3-5-15-24(26(31)32)29-25(30)16-18(10-4-2)28-27(33)34-17-23-21-13-8-6-11-19(21)20-12-7-9-14-22(20)23/h6-9,11-14,18,23-24H,3-5,10,15-17H2,1-2H3,(H,28,33)(H,29,30)(H,31,32)/t18-,24?/m0/s1. The second-order valence-corrected chi connectivity index (χ2v) is 8.76. The van der Waals surface area contributed by atoms with Gasteiger partial charge in [0.25, 0.3) is 0 Å². The summed E-state index contributed by atoms with van der Waals surface area (Å²) in [7, 11) is 0. The van der Waals surface area contributed by atoms with Crippen molar-refractivity contribution in [2.24, 2.45) is 0 Å². The van der Waals surface area contributed by atoms with Crippen LogP contribution in [0.3, 0.4) is 0 Å². The van der Waals surface area contributed by atoms with E-state index < -0.39 is 24.1 Å². The van der Waals surface area contributed by atoms with Crippen LogP contribution >= 0.6 is 0 Å². The van der Waals surface area contributed by atoms with Gasteiger partial charge in [-0.1, -0.05) is 81.6 Å². The zero-order valence-electron chi connectivity index (χ0n) is 19.9. The highest BCUT2D eigenvalue weighted by Crippen LogP contribution is 2.44. The van der Waals surface area contributed by atoms with E-state index in [1.807, 2.05) is 38.1 Å². The molecule has 7 nitrogen and oxygen atoms in total. The maximum Gasteiger partial charge on any atom is 0.407 e. The van der Waals surface area contributed by atoms with Crippen molar-refractivity contribution in [2.75, 3.05) is 6.61 Å². The second kappa shape index (κ2) is 12.2. The maximum atomic E-state index is 12.6. The number of hydrogen-bond donors (Lipinski definition) is 3. The number of benzene rings is 2. The van der Waals surface area contributed by atoms with E-state index in [4.69, 9.17) is 4.74 Å². The fraction of sp³-hybridized carbons (Fsp3) is 0.444. The third-order valence-electron chi connectivity index (χ3n) is 6.21. The molecule has 34 heavy (non-hydrogen) atoms. The van der Waals surface area contributed by atoms with Crippen LogP contribution in [-0.2, 0) is 14.3 Å². The predicted octanol–water partition coefficient (Wildman–Crippen LogP) is 4.84. The quantitative estimate of drug-likeness (QED) is 0.415. The van der Waals surface area contributed by atoms with Gasteiger partial charge in [-0.25, -0.2) is 9.59 Å². The minimum atomic E-state index is -1.04. The van der Waals surface area contributed by atoms with Crippen LogP contribution in [0, 0.1) is 0 Å². The normalized spacial score (nSPS) is 13.9. The van der Waals surface area contributed by atoms with Gasteiger partial charge in [-0.3, -0.25) is 4.79 Å². The molecule has 1 unspecified atom stereocenters. The molecule has 7 heteroatoms. The van der Waals surface area contributed by atoms with Gasteiger partial charge in [0.2, 0.25) is 5.91 Å². The van der Waals surface area contributed by atoms with E-state index in [9.17, 15) is 19.5 Å². The molecule has 0 fully saturated rings. The summed E-state index contributed by atoms with van der Waals surface area (Å²) in [6.07, 6.45) is 2.73. The molecule has 0 aliphatic heterocycles. The molecular weight excluding hydrogens is 432 g/mol. The number of carboxylic acids is 1. The molecule has 0 aromatic heterocycles. The minimum Gasteiger partial charge on any atom is -0.480 e. The van der Waals surface area contributed by atoms with E-state index >= 15 is 0 Å². The Hall–Kier alpha value is -3.35. The lowest BCUT2D eigenvalue weighted by Gasteiger charge is -2.21. The molecule has 3 N–H and O–H groups in total. The highest BCUT2D eigenvalue weighted by molar-refractivity contribution is 5.84. The summed E-state index contributed by atoms with van der Waals surface area (Å²) in [4.78, 5) is 36.5. The Morgan fingerprint density at radius 3 is 2.09 bits per heavy atom. The third kappa shape index (κ3) is 6.37. The molecule has 0 bridgehead atoms. The topological polar surface area (TPSA) is 105 Å². The largest absolute Gasteiger partial charge is 0.480 e. The first-order valence-electron chi connectivity index (χ1n) is 12.1. The number of aliphatic carboxylic acids is 1. The number of carboxylic acid groups (broad SMARTS) is 1. The Kier molecular flexibility index (Phi) is 9.08. The van der Waals surface area contributed by atoms with Gasteiger partial charge < -0.3 is 20.5 Å². The Labute approximate surface area is 200 Å². The smallest absolute Gasteiger partial charge is 0.407 e. The van der Waals surface area contributed by atoms with Crippen molar-refractivity contribution >= 4 is 18.0 Å². The average molecular weight is 467 g/mol. The highest BCUT2D eigenvalue weighted by atomic mass is 16.5. The Bertz CT molecular complexity index is 961. The van der Waals surface area contributed by atoms with Crippen LogP contribution in [0.25, 0.3) is 11.1 Å². The van der Waals surface area contributed by atoms with Gasteiger partial charge in [-0.2, -0.15) is 0 Å². The van der Waals surface area contributed by atoms with E-state index in [1.54, 1.807) is 0 Å². The second-order valence-electron chi connectivity index (χ2n) is 8.76. The summed E-state index contributed by atoms with van der Waals surface area (Å²) >= 11 is 0. The maximum absolute atomic E-state index is 12.6. The number of ether oxygens (including phenoxy) is 1. The fourth-order valence-corrected chi connectivity index (χ4v) is 4.52. The molecule has 0 heterocycles. The van der Waals surface area contributed by atoms with Gasteiger partial charge in [0, 0.05) is 18.4 Å². The Morgan fingerprint density at radius 2 is 1.53 bits per heavy atom. The average Bonchev–Trinajstić information content (AvgIpc) is 3.14. The van der Waals surface area contributed by atoms with E-state index in [0.29, 0.717) is 19.3 Å². The monoisotopic (exact) mass is 466 g/mol. The number of fused-ring (bicyclic) bond motifs is 3.